The van der Waals surface area contributed by atoms with Crippen LogP contribution in [0.1, 0.15) is 38.2 Å². The van der Waals surface area contributed by atoms with E-state index in [1.807, 2.05) is 18.5 Å². The molecular formula is C16H26N2O. The van der Waals surface area contributed by atoms with E-state index in [1.165, 1.54) is 31.2 Å². The largest absolute Gasteiger partial charge is 0.395 e. The van der Waals surface area contributed by atoms with Crippen LogP contribution >= 0.6 is 0 Å². The summed E-state index contributed by atoms with van der Waals surface area (Å²) in [7, 11) is 0. The first-order chi connectivity index (χ1) is 9.28. The van der Waals surface area contributed by atoms with Gasteiger partial charge >= 0.3 is 0 Å². The molecule has 0 amide bonds. The van der Waals surface area contributed by atoms with E-state index in [4.69, 9.17) is 0 Å². The second-order valence-electron chi connectivity index (χ2n) is 5.95. The van der Waals surface area contributed by atoms with Crippen LogP contribution in [0.4, 0.5) is 0 Å². The Morgan fingerprint density at radius 1 is 1.32 bits per heavy atom. The van der Waals surface area contributed by atoms with Gasteiger partial charge in [0, 0.05) is 32.0 Å². The number of aromatic nitrogens is 1. The smallest absolute Gasteiger partial charge is 0.0558 e. The standard InChI is InChI=1S/C16H26N2O/c1-14-4-6-15(7-5-14)12-18(9-10-19)13-16-3-2-8-17-11-16/h2-3,8,11,14-15,19H,4-7,9-10,12-13H2,1H3. The van der Waals surface area contributed by atoms with Crippen molar-refractivity contribution in [2.45, 2.75) is 39.2 Å². The minimum absolute atomic E-state index is 0.239. The average molecular weight is 262 g/mol. The third kappa shape index (κ3) is 4.92. The van der Waals surface area contributed by atoms with E-state index in [0.29, 0.717) is 0 Å². The van der Waals surface area contributed by atoms with Gasteiger partial charge in [-0.1, -0.05) is 25.8 Å². The molecule has 1 heterocycles. The van der Waals surface area contributed by atoms with Crippen molar-refractivity contribution in [3.8, 4) is 0 Å². The van der Waals surface area contributed by atoms with Crippen LogP contribution in [-0.4, -0.2) is 34.7 Å². The number of aliphatic hydroxyl groups excluding tert-OH is 1. The molecule has 0 unspecified atom stereocenters. The topological polar surface area (TPSA) is 36.4 Å². The molecule has 0 radical (unpaired) electrons. The molecule has 1 N–H and O–H groups in total. The number of hydrogen-bond donors (Lipinski definition) is 1. The van der Waals surface area contributed by atoms with E-state index in [2.05, 4.69) is 22.9 Å². The summed E-state index contributed by atoms with van der Waals surface area (Å²) >= 11 is 0. The number of aliphatic hydroxyl groups is 1. The van der Waals surface area contributed by atoms with Gasteiger partial charge in [-0.3, -0.25) is 9.88 Å². The normalized spacial score (nSPS) is 23.7. The van der Waals surface area contributed by atoms with Gasteiger partial charge in [-0.2, -0.15) is 0 Å². The van der Waals surface area contributed by atoms with Crippen molar-refractivity contribution in [3.63, 3.8) is 0 Å². The van der Waals surface area contributed by atoms with Crippen LogP contribution < -0.4 is 0 Å². The maximum Gasteiger partial charge on any atom is 0.0558 e. The minimum Gasteiger partial charge on any atom is -0.395 e. The van der Waals surface area contributed by atoms with Crippen LogP contribution in [0, 0.1) is 11.8 Å². The van der Waals surface area contributed by atoms with Gasteiger partial charge in [0.25, 0.3) is 0 Å². The fourth-order valence-corrected chi connectivity index (χ4v) is 3.00. The summed E-state index contributed by atoms with van der Waals surface area (Å²) in [4.78, 5) is 6.54. The Morgan fingerprint density at radius 3 is 2.74 bits per heavy atom. The molecule has 0 spiro atoms. The third-order valence-corrected chi connectivity index (χ3v) is 4.20. The first-order valence-corrected chi connectivity index (χ1v) is 7.50. The molecule has 0 atom stereocenters. The molecule has 2 rings (SSSR count). The van der Waals surface area contributed by atoms with Gasteiger partial charge in [-0.05, 0) is 36.3 Å². The summed E-state index contributed by atoms with van der Waals surface area (Å²) in [6, 6.07) is 4.09. The van der Waals surface area contributed by atoms with Crippen molar-refractivity contribution < 1.29 is 5.11 Å². The van der Waals surface area contributed by atoms with Crippen LogP contribution in [0.3, 0.4) is 0 Å². The number of nitrogens with zero attached hydrogens (tertiary/aromatic N) is 2. The Labute approximate surface area is 116 Å². The molecule has 3 nitrogen and oxygen atoms in total. The Kier molecular flexibility index (Phi) is 5.80. The van der Waals surface area contributed by atoms with Crippen molar-refractivity contribution in [1.82, 2.24) is 9.88 Å². The minimum atomic E-state index is 0.239. The number of hydrogen-bond acceptors (Lipinski definition) is 3. The molecule has 1 aromatic rings. The Bertz CT molecular complexity index is 347. The van der Waals surface area contributed by atoms with Gasteiger partial charge in [0.2, 0.25) is 0 Å². The molecule has 3 heteroatoms. The SMILES string of the molecule is CC1CCC(CN(CCO)Cc2cccnc2)CC1. The Balaban J connectivity index is 1.85. The van der Waals surface area contributed by atoms with Crippen LogP contribution in [0.25, 0.3) is 0 Å². The fourth-order valence-electron chi connectivity index (χ4n) is 3.00. The summed E-state index contributed by atoms with van der Waals surface area (Å²) in [6.45, 7) is 5.38. The van der Waals surface area contributed by atoms with E-state index in [9.17, 15) is 5.11 Å². The van der Waals surface area contributed by atoms with Crippen LogP contribution in [0.2, 0.25) is 0 Å². The van der Waals surface area contributed by atoms with Crippen molar-refractivity contribution in [2.75, 3.05) is 19.7 Å². The molecule has 106 valence electrons. The lowest BCUT2D eigenvalue weighted by atomic mass is 9.83. The summed E-state index contributed by atoms with van der Waals surface area (Å²) in [5.74, 6) is 1.71. The van der Waals surface area contributed by atoms with E-state index >= 15 is 0 Å². The highest BCUT2D eigenvalue weighted by atomic mass is 16.3. The first kappa shape index (κ1) is 14.5. The lowest BCUT2D eigenvalue weighted by molar-refractivity contribution is 0.146. The quantitative estimate of drug-likeness (QED) is 0.856. The van der Waals surface area contributed by atoms with Gasteiger partial charge in [-0.25, -0.2) is 0 Å². The summed E-state index contributed by atoms with van der Waals surface area (Å²) in [6.07, 6.45) is 9.15. The molecular weight excluding hydrogens is 236 g/mol. The molecule has 1 saturated carbocycles. The second-order valence-corrected chi connectivity index (χ2v) is 5.95. The Hall–Kier alpha value is -0.930. The highest BCUT2D eigenvalue weighted by molar-refractivity contribution is 5.08. The highest BCUT2D eigenvalue weighted by Gasteiger charge is 2.20. The maximum atomic E-state index is 9.23. The van der Waals surface area contributed by atoms with Crippen molar-refractivity contribution in [2.24, 2.45) is 11.8 Å². The van der Waals surface area contributed by atoms with E-state index < -0.39 is 0 Å². The molecule has 1 fully saturated rings. The van der Waals surface area contributed by atoms with Gasteiger partial charge in [0.1, 0.15) is 0 Å². The lowest BCUT2D eigenvalue weighted by Crippen LogP contribution is -2.33. The summed E-state index contributed by atoms with van der Waals surface area (Å²) in [5, 5.41) is 9.23. The molecule has 19 heavy (non-hydrogen) atoms. The van der Waals surface area contributed by atoms with Gasteiger partial charge in [-0.15, -0.1) is 0 Å². The summed E-state index contributed by atoms with van der Waals surface area (Å²) < 4.78 is 0. The number of rotatable bonds is 6. The maximum absolute atomic E-state index is 9.23. The van der Waals surface area contributed by atoms with Crippen molar-refractivity contribution >= 4 is 0 Å². The molecule has 1 aliphatic rings. The van der Waals surface area contributed by atoms with E-state index in [-0.39, 0.29) is 6.61 Å². The zero-order valence-corrected chi connectivity index (χ0v) is 12.0. The molecule has 1 aromatic heterocycles. The molecule has 0 saturated heterocycles. The van der Waals surface area contributed by atoms with E-state index in [1.54, 1.807) is 0 Å². The van der Waals surface area contributed by atoms with Gasteiger partial charge < -0.3 is 5.11 Å². The first-order valence-electron chi connectivity index (χ1n) is 7.50. The molecule has 0 aromatic carbocycles. The predicted octanol–water partition coefficient (Wildman–Crippen LogP) is 2.70. The molecule has 0 aliphatic heterocycles. The zero-order valence-electron chi connectivity index (χ0n) is 12.0. The highest BCUT2D eigenvalue weighted by Crippen LogP contribution is 2.29. The van der Waals surface area contributed by atoms with Gasteiger partial charge in [0.05, 0.1) is 6.61 Å². The van der Waals surface area contributed by atoms with Crippen LogP contribution in [0.15, 0.2) is 24.5 Å². The second kappa shape index (κ2) is 7.61. The summed E-state index contributed by atoms with van der Waals surface area (Å²) in [5.41, 5.74) is 1.24. The molecule has 0 bridgehead atoms. The van der Waals surface area contributed by atoms with Crippen LogP contribution in [0.5, 0.6) is 0 Å². The lowest BCUT2D eigenvalue weighted by Gasteiger charge is -2.31. The van der Waals surface area contributed by atoms with E-state index in [0.717, 1.165) is 31.5 Å². The predicted molar refractivity (Wildman–Crippen MR) is 77.7 cm³/mol. The third-order valence-electron chi connectivity index (χ3n) is 4.20. The fraction of sp³-hybridized carbons (Fsp3) is 0.688. The van der Waals surface area contributed by atoms with Gasteiger partial charge in [0.15, 0.2) is 0 Å². The number of pyridine rings is 1. The monoisotopic (exact) mass is 262 g/mol. The van der Waals surface area contributed by atoms with Crippen molar-refractivity contribution in [1.29, 1.82) is 0 Å². The Morgan fingerprint density at radius 2 is 2.11 bits per heavy atom. The average Bonchev–Trinajstić information content (AvgIpc) is 2.43. The zero-order chi connectivity index (χ0) is 13.5. The molecule has 1 aliphatic carbocycles. The van der Waals surface area contributed by atoms with Crippen LogP contribution in [-0.2, 0) is 6.54 Å². The van der Waals surface area contributed by atoms with Crippen molar-refractivity contribution in [3.05, 3.63) is 30.1 Å².